The van der Waals surface area contributed by atoms with Gasteiger partial charge in [-0.05, 0) is 18.9 Å². The van der Waals surface area contributed by atoms with Crippen LogP contribution in [-0.4, -0.2) is 11.5 Å². The second kappa shape index (κ2) is 5.32. The van der Waals surface area contributed by atoms with Crippen molar-refractivity contribution in [1.82, 2.24) is 10.3 Å². The summed E-state index contributed by atoms with van der Waals surface area (Å²) in [6, 6.07) is 0. The lowest BCUT2D eigenvalue weighted by molar-refractivity contribution is 0.670. The topological polar surface area (TPSA) is 50.9 Å². The zero-order valence-corrected chi connectivity index (χ0v) is 9.95. The molecule has 0 bridgehead atoms. The third-order valence-corrected chi connectivity index (χ3v) is 2.90. The fourth-order valence-corrected chi connectivity index (χ4v) is 2.30. The van der Waals surface area contributed by atoms with Crippen LogP contribution in [0.5, 0.6) is 0 Å². The van der Waals surface area contributed by atoms with Gasteiger partial charge in [0.1, 0.15) is 0 Å². The molecule has 1 aromatic rings. The molecule has 0 radical (unpaired) electrons. The Morgan fingerprint density at radius 2 is 2.21 bits per heavy atom. The second-order valence-electron chi connectivity index (χ2n) is 3.69. The Labute approximate surface area is 89.7 Å². The van der Waals surface area contributed by atoms with Gasteiger partial charge in [0.05, 0.1) is 5.69 Å². The van der Waals surface area contributed by atoms with Gasteiger partial charge in [-0.3, -0.25) is 0 Å². The highest BCUT2D eigenvalue weighted by atomic mass is 32.1. The molecule has 0 saturated carbocycles. The molecule has 0 spiro atoms. The normalized spacial score (nSPS) is 11.1. The summed E-state index contributed by atoms with van der Waals surface area (Å²) in [5.74, 6) is 0.460. The Morgan fingerprint density at radius 1 is 1.50 bits per heavy atom. The molecule has 1 rings (SSSR count). The van der Waals surface area contributed by atoms with Crippen molar-refractivity contribution in [2.45, 2.75) is 39.7 Å². The summed E-state index contributed by atoms with van der Waals surface area (Å²) in [6.07, 6.45) is 1.16. The summed E-state index contributed by atoms with van der Waals surface area (Å²) in [7, 11) is 0. The van der Waals surface area contributed by atoms with Gasteiger partial charge in [-0.2, -0.15) is 0 Å². The molecule has 0 aliphatic rings. The lowest BCUT2D eigenvalue weighted by Gasteiger charge is -2.05. The van der Waals surface area contributed by atoms with Gasteiger partial charge in [-0.1, -0.05) is 20.8 Å². The summed E-state index contributed by atoms with van der Waals surface area (Å²) in [4.78, 5) is 5.63. The Hall–Kier alpha value is -0.610. The van der Waals surface area contributed by atoms with Crippen LogP contribution in [0.15, 0.2) is 0 Å². The minimum absolute atomic E-state index is 0.460. The van der Waals surface area contributed by atoms with Crippen molar-refractivity contribution >= 4 is 16.5 Å². The van der Waals surface area contributed by atoms with Gasteiger partial charge in [0, 0.05) is 11.4 Å². The third-order valence-electron chi connectivity index (χ3n) is 2.00. The van der Waals surface area contributed by atoms with E-state index in [4.69, 9.17) is 5.73 Å². The average molecular weight is 213 g/mol. The first kappa shape index (κ1) is 11.5. The largest absolute Gasteiger partial charge is 0.375 e. The van der Waals surface area contributed by atoms with Crippen molar-refractivity contribution < 1.29 is 0 Å². The molecule has 0 aliphatic carbocycles. The van der Waals surface area contributed by atoms with Crippen LogP contribution in [-0.2, 0) is 6.54 Å². The Balaban J connectivity index is 2.64. The highest BCUT2D eigenvalue weighted by Crippen LogP contribution is 2.26. The standard InChI is InChI=1S/C10H19N3S/c1-4-5-12-6-8-9(7(2)3)13-10(11)14-8/h7,12H,4-6H2,1-3H3,(H2,11,13). The summed E-state index contributed by atoms with van der Waals surface area (Å²) in [5.41, 5.74) is 6.85. The third kappa shape index (κ3) is 2.96. The molecule has 14 heavy (non-hydrogen) atoms. The molecule has 3 nitrogen and oxygen atoms in total. The van der Waals surface area contributed by atoms with Gasteiger partial charge in [0.2, 0.25) is 0 Å². The van der Waals surface area contributed by atoms with E-state index < -0.39 is 0 Å². The van der Waals surface area contributed by atoms with E-state index >= 15 is 0 Å². The maximum absolute atomic E-state index is 5.70. The number of hydrogen-bond acceptors (Lipinski definition) is 4. The molecule has 0 fully saturated rings. The van der Waals surface area contributed by atoms with E-state index in [1.54, 1.807) is 11.3 Å². The number of anilines is 1. The highest BCUT2D eigenvalue weighted by molar-refractivity contribution is 7.15. The molecule has 80 valence electrons. The molecule has 0 aromatic carbocycles. The zero-order chi connectivity index (χ0) is 10.6. The van der Waals surface area contributed by atoms with E-state index in [0.29, 0.717) is 11.0 Å². The van der Waals surface area contributed by atoms with Gasteiger partial charge in [0.25, 0.3) is 0 Å². The van der Waals surface area contributed by atoms with Crippen molar-refractivity contribution in [2.24, 2.45) is 0 Å². The van der Waals surface area contributed by atoms with Crippen LogP contribution >= 0.6 is 11.3 Å². The highest BCUT2D eigenvalue weighted by Gasteiger charge is 2.11. The van der Waals surface area contributed by atoms with Gasteiger partial charge in [-0.25, -0.2) is 4.98 Å². The Morgan fingerprint density at radius 3 is 2.79 bits per heavy atom. The maximum Gasteiger partial charge on any atom is 0.180 e. The van der Waals surface area contributed by atoms with Gasteiger partial charge < -0.3 is 11.1 Å². The molecule has 0 atom stereocenters. The van der Waals surface area contributed by atoms with Crippen LogP contribution in [0.25, 0.3) is 0 Å². The summed E-state index contributed by atoms with van der Waals surface area (Å²) in [5, 5.41) is 4.06. The SMILES string of the molecule is CCCNCc1sc(N)nc1C(C)C. The van der Waals surface area contributed by atoms with E-state index in [1.165, 1.54) is 4.88 Å². The number of nitrogens with one attached hydrogen (secondary N) is 1. The summed E-state index contributed by atoms with van der Waals surface area (Å²) in [6.45, 7) is 8.42. The van der Waals surface area contributed by atoms with Crippen molar-refractivity contribution in [1.29, 1.82) is 0 Å². The van der Waals surface area contributed by atoms with Crippen molar-refractivity contribution in [3.8, 4) is 0 Å². The van der Waals surface area contributed by atoms with E-state index in [2.05, 4.69) is 31.1 Å². The molecular weight excluding hydrogens is 194 g/mol. The molecule has 0 aliphatic heterocycles. The first-order valence-electron chi connectivity index (χ1n) is 5.11. The molecule has 0 unspecified atom stereocenters. The fraction of sp³-hybridized carbons (Fsp3) is 0.700. The first-order chi connectivity index (χ1) is 6.65. The lowest BCUT2D eigenvalue weighted by Crippen LogP contribution is -2.14. The molecular formula is C10H19N3S. The predicted octanol–water partition coefficient (Wildman–Crippen LogP) is 2.35. The second-order valence-corrected chi connectivity index (χ2v) is 4.81. The minimum Gasteiger partial charge on any atom is -0.375 e. The van der Waals surface area contributed by atoms with Crippen molar-refractivity contribution in [3.63, 3.8) is 0 Å². The van der Waals surface area contributed by atoms with Gasteiger partial charge in [0.15, 0.2) is 5.13 Å². The summed E-state index contributed by atoms with van der Waals surface area (Å²) < 4.78 is 0. The maximum atomic E-state index is 5.70. The van der Waals surface area contributed by atoms with Crippen LogP contribution in [0.4, 0.5) is 5.13 Å². The van der Waals surface area contributed by atoms with Crippen molar-refractivity contribution in [2.75, 3.05) is 12.3 Å². The van der Waals surface area contributed by atoms with Crippen LogP contribution < -0.4 is 11.1 Å². The predicted molar refractivity (Wildman–Crippen MR) is 62.6 cm³/mol. The fourth-order valence-electron chi connectivity index (χ4n) is 1.34. The Kier molecular flexibility index (Phi) is 4.35. The van der Waals surface area contributed by atoms with E-state index in [9.17, 15) is 0 Å². The molecule has 0 amide bonds. The quantitative estimate of drug-likeness (QED) is 0.738. The molecule has 4 heteroatoms. The van der Waals surface area contributed by atoms with Crippen LogP contribution in [0, 0.1) is 0 Å². The number of rotatable bonds is 5. The average Bonchev–Trinajstić information content (AvgIpc) is 2.47. The van der Waals surface area contributed by atoms with Crippen LogP contribution in [0.1, 0.15) is 43.7 Å². The number of nitrogen functional groups attached to an aromatic ring is 1. The monoisotopic (exact) mass is 213 g/mol. The first-order valence-corrected chi connectivity index (χ1v) is 5.92. The van der Waals surface area contributed by atoms with Crippen LogP contribution in [0.2, 0.25) is 0 Å². The summed E-state index contributed by atoms with van der Waals surface area (Å²) >= 11 is 1.60. The minimum atomic E-state index is 0.460. The van der Waals surface area contributed by atoms with E-state index in [0.717, 1.165) is 25.2 Å². The molecule has 1 aromatic heterocycles. The molecule has 0 saturated heterocycles. The van der Waals surface area contributed by atoms with E-state index in [-0.39, 0.29) is 0 Å². The lowest BCUT2D eigenvalue weighted by atomic mass is 10.1. The Bertz CT molecular complexity index is 281. The van der Waals surface area contributed by atoms with E-state index in [1.807, 2.05) is 0 Å². The number of hydrogen-bond donors (Lipinski definition) is 2. The van der Waals surface area contributed by atoms with Crippen molar-refractivity contribution in [3.05, 3.63) is 10.6 Å². The number of aromatic nitrogens is 1. The zero-order valence-electron chi connectivity index (χ0n) is 9.13. The smallest absolute Gasteiger partial charge is 0.180 e. The van der Waals surface area contributed by atoms with Gasteiger partial charge in [-0.15, -0.1) is 11.3 Å². The molecule has 1 heterocycles. The number of nitrogens with two attached hydrogens (primary N) is 1. The number of thiazole rings is 1. The van der Waals surface area contributed by atoms with Gasteiger partial charge >= 0.3 is 0 Å². The van der Waals surface area contributed by atoms with Crippen LogP contribution in [0.3, 0.4) is 0 Å². The molecule has 3 N–H and O–H groups in total. The number of nitrogens with zero attached hydrogens (tertiary/aromatic N) is 1.